The van der Waals surface area contributed by atoms with Gasteiger partial charge in [0.25, 0.3) is 0 Å². The van der Waals surface area contributed by atoms with Gasteiger partial charge in [-0.15, -0.1) is 0 Å². The lowest BCUT2D eigenvalue weighted by Gasteiger charge is -2.27. The summed E-state index contributed by atoms with van der Waals surface area (Å²) in [5.41, 5.74) is 9.18. The molecule has 0 amide bonds. The van der Waals surface area contributed by atoms with Gasteiger partial charge in [-0.2, -0.15) is 0 Å². The second-order valence-corrected chi connectivity index (χ2v) is 7.78. The number of halogens is 1. The van der Waals surface area contributed by atoms with Gasteiger partial charge in [-0.05, 0) is 23.6 Å². The molecule has 7 heteroatoms. The number of rotatable bonds is 6. The number of benzene rings is 2. The quantitative estimate of drug-likeness (QED) is 0.480. The first kappa shape index (κ1) is 21.1. The summed E-state index contributed by atoms with van der Waals surface area (Å²) in [5.74, 6) is 1.09. The molecule has 6 nitrogen and oxygen atoms in total. The zero-order chi connectivity index (χ0) is 21.6. The first-order chi connectivity index (χ1) is 15.1. The molecule has 31 heavy (non-hydrogen) atoms. The van der Waals surface area contributed by atoms with Gasteiger partial charge in [-0.3, -0.25) is 0 Å². The third kappa shape index (κ3) is 5.30. The number of aliphatic imine (C=N–C) groups is 1. The van der Waals surface area contributed by atoms with E-state index in [1.165, 1.54) is 0 Å². The molecule has 4 rings (SSSR count). The highest BCUT2D eigenvalue weighted by Gasteiger charge is 2.16. The summed E-state index contributed by atoms with van der Waals surface area (Å²) in [7, 11) is 0. The van der Waals surface area contributed by atoms with E-state index >= 15 is 0 Å². The summed E-state index contributed by atoms with van der Waals surface area (Å²) in [6.07, 6.45) is 0.653. The first-order valence-electron chi connectivity index (χ1n) is 10.5. The molecule has 2 heterocycles. The van der Waals surface area contributed by atoms with Crippen LogP contribution in [0.5, 0.6) is 0 Å². The van der Waals surface area contributed by atoms with Crippen molar-refractivity contribution in [3.63, 3.8) is 0 Å². The maximum absolute atomic E-state index is 14.6. The van der Waals surface area contributed by atoms with Gasteiger partial charge in [0.15, 0.2) is 5.96 Å². The second-order valence-electron chi connectivity index (χ2n) is 7.78. The molecule has 1 aliphatic rings. The van der Waals surface area contributed by atoms with E-state index in [1.54, 1.807) is 6.07 Å². The average Bonchev–Trinajstić information content (AvgIpc) is 3.28. The van der Waals surface area contributed by atoms with Crippen LogP contribution < -0.4 is 5.73 Å². The number of nitrogens with two attached hydrogens (primary N) is 1. The summed E-state index contributed by atoms with van der Waals surface area (Å²) >= 11 is 0. The molecule has 1 saturated heterocycles. The topological polar surface area (TPSA) is 76.9 Å². The highest BCUT2D eigenvalue weighted by molar-refractivity contribution is 5.78. The molecular weight excluding hydrogens is 395 g/mol. The molecule has 162 valence electrons. The summed E-state index contributed by atoms with van der Waals surface area (Å²) in [5, 5.41) is 4.11. The van der Waals surface area contributed by atoms with Crippen LogP contribution in [0.3, 0.4) is 0 Å². The molecule has 1 fully saturated rings. The normalized spacial score (nSPS) is 15.8. The monoisotopic (exact) mass is 422 g/mol. The molecule has 1 atom stereocenters. The second kappa shape index (κ2) is 9.75. The minimum Gasteiger partial charge on any atom is -0.378 e. The van der Waals surface area contributed by atoms with Crippen LogP contribution >= 0.6 is 0 Å². The minimum absolute atomic E-state index is 0.0591. The Hall–Kier alpha value is -3.19. The van der Waals surface area contributed by atoms with Crippen LogP contribution in [0.25, 0.3) is 11.1 Å². The van der Waals surface area contributed by atoms with Crippen LogP contribution in [0.1, 0.15) is 29.9 Å². The molecule has 0 saturated carbocycles. The zero-order valence-electron chi connectivity index (χ0n) is 17.6. The Morgan fingerprint density at radius 2 is 1.94 bits per heavy atom. The van der Waals surface area contributed by atoms with Crippen molar-refractivity contribution in [2.75, 3.05) is 26.3 Å². The third-order valence-corrected chi connectivity index (χ3v) is 5.46. The number of hydrogen-bond acceptors (Lipinski definition) is 4. The summed E-state index contributed by atoms with van der Waals surface area (Å²) in [6.45, 7) is 5.22. The molecule has 0 bridgehead atoms. The molecule has 2 aromatic carbocycles. The van der Waals surface area contributed by atoms with E-state index in [0.29, 0.717) is 37.7 Å². The van der Waals surface area contributed by atoms with Crippen molar-refractivity contribution in [3.05, 3.63) is 77.4 Å². The van der Waals surface area contributed by atoms with Crippen LogP contribution in [0, 0.1) is 5.82 Å². The fourth-order valence-corrected chi connectivity index (χ4v) is 3.68. The summed E-state index contributed by atoms with van der Waals surface area (Å²) in [6, 6.07) is 16.9. The largest absolute Gasteiger partial charge is 0.378 e. The predicted octanol–water partition coefficient (Wildman–Crippen LogP) is 3.97. The number of ether oxygens (including phenoxy) is 1. The van der Waals surface area contributed by atoms with E-state index in [2.05, 4.69) is 10.1 Å². The third-order valence-electron chi connectivity index (χ3n) is 5.46. The van der Waals surface area contributed by atoms with Gasteiger partial charge in [-0.1, -0.05) is 54.5 Å². The standard InChI is InChI=1S/C24H27FN4O2/c1-17(13-18-7-8-21(22(25)14-18)19-5-3-2-4-6-19)23-15-20(28-31-23)16-27-24(26)29-9-11-30-12-10-29/h2-8,14-15,17H,9-13,16H2,1H3,(H2,26,27). The smallest absolute Gasteiger partial charge is 0.191 e. The lowest BCUT2D eigenvalue weighted by Crippen LogP contribution is -2.44. The average molecular weight is 423 g/mol. The van der Waals surface area contributed by atoms with Gasteiger partial charge in [-0.25, -0.2) is 9.38 Å². The van der Waals surface area contributed by atoms with E-state index in [-0.39, 0.29) is 11.7 Å². The highest BCUT2D eigenvalue weighted by atomic mass is 19.1. The first-order valence-corrected chi connectivity index (χ1v) is 10.5. The van der Waals surface area contributed by atoms with E-state index in [4.69, 9.17) is 15.0 Å². The Labute approximate surface area is 181 Å². The SMILES string of the molecule is CC(Cc1ccc(-c2ccccc2)c(F)c1)c1cc(CN=C(N)N2CCOCC2)no1. The van der Waals surface area contributed by atoms with Crippen molar-refractivity contribution in [2.24, 2.45) is 10.7 Å². The molecule has 2 N–H and O–H groups in total. The maximum atomic E-state index is 14.6. The summed E-state index contributed by atoms with van der Waals surface area (Å²) < 4.78 is 25.5. The lowest BCUT2D eigenvalue weighted by atomic mass is 9.96. The van der Waals surface area contributed by atoms with Crippen molar-refractivity contribution in [2.45, 2.75) is 25.8 Å². The molecule has 1 aliphatic heterocycles. The molecule has 3 aromatic rings. The highest BCUT2D eigenvalue weighted by Crippen LogP contribution is 2.26. The van der Waals surface area contributed by atoms with Crippen LogP contribution in [0.15, 0.2) is 64.1 Å². The van der Waals surface area contributed by atoms with E-state index in [1.807, 2.05) is 60.4 Å². The maximum Gasteiger partial charge on any atom is 0.191 e. The van der Waals surface area contributed by atoms with Crippen LogP contribution in [-0.4, -0.2) is 42.3 Å². The molecule has 0 spiro atoms. The number of morpholine rings is 1. The van der Waals surface area contributed by atoms with Crippen molar-refractivity contribution >= 4 is 5.96 Å². The van der Waals surface area contributed by atoms with Gasteiger partial charge in [0.05, 0.1) is 19.8 Å². The molecular formula is C24H27FN4O2. The Morgan fingerprint density at radius 1 is 1.16 bits per heavy atom. The van der Waals surface area contributed by atoms with Crippen LogP contribution in [-0.2, 0) is 17.7 Å². The number of aromatic nitrogens is 1. The van der Waals surface area contributed by atoms with Gasteiger partial charge < -0.3 is 19.9 Å². The fourth-order valence-electron chi connectivity index (χ4n) is 3.68. The Bertz CT molecular complexity index is 1030. The van der Waals surface area contributed by atoms with Crippen LogP contribution in [0.2, 0.25) is 0 Å². The van der Waals surface area contributed by atoms with Crippen LogP contribution in [0.4, 0.5) is 4.39 Å². The van der Waals surface area contributed by atoms with Crippen molar-refractivity contribution in [1.29, 1.82) is 0 Å². The zero-order valence-corrected chi connectivity index (χ0v) is 17.6. The number of hydrogen-bond donors (Lipinski definition) is 1. The Kier molecular flexibility index (Phi) is 6.62. The fraction of sp³-hybridized carbons (Fsp3) is 0.333. The Morgan fingerprint density at radius 3 is 2.68 bits per heavy atom. The van der Waals surface area contributed by atoms with Gasteiger partial charge >= 0.3 is 0 Å². The molecule has 1 aromatic heterocycles. The van der Waals surface area contributed by atoms with E-state index in [9.17, 15) is 4.39 Å². The minimum atomic E-state index is -0.220. The Balaban J connectivity index is 1.37. The van der Waals surface area contributed by atoms with Crippen molar-refractivity contribution in [3.8, 4) is 11.1 Å². The molecule has 0 radical (unpaired) electrons. The van der Waals surface area contributed by atoms with Gasteiger partial charge in [0, 0.05) is 30.6 Å². The predicted molar refractivity (Wildman–Crippen MR) is 118 cm³/mol. The van der Waals surface area contributed by atoms with E-state index in [0.717, 1.165) is 35.7 Å². The lowest BCUT2D eigenvalue weighted by molar-refractivity contribution is 0.0674. The van der Waals surface area contributed by atoms with Gasteiger partial charge in [0.1, 0.15) is 17.3 Å². The van der Waals surface area contributed by atoms with Crippen molar-refractivity contribution in [1.82, 2.24) is 10.1 Å². The molecule has 1 unspecified atom stereocenters. The number of guanidine groups is 1. The van der Waals surface area contributed by atoms with Crippen molar-refractivity contribution < 1.29 is 13.7 Å². The van der Waals surface area contributed by atoms with E-state index < -0.39 is 0 Å². The number of nitrogens with zero attached hydrogens (tertiary/aromatic N) is 3. The van der Waals surface area contributed by atoms with Gasteiger partial charge in [0.2, 0.25) is 0 Å². The molecule has 0 aliphatic carbocycles. The summed E-state index contributed by atoms with van der Waals surface area (Å²) in [4.78, 5) is 6.42.